The molecule has 3 saturated carbocycles. The van der Waals surface area contributed by atoms with Gasteiger partial charge in [0.05, 0.1) is 11.8 Å². The van der Waals surface area contributed by atoms with Crippen LogP contribution in [0.15, 0.2) is 0 Å². The molecule has 0 N–H and O–H groups in total. The predicted molar refractivity (Wildman–Crippen MR) is 84.4 cm³/mol. The topological polar surface area (TPSA) is 52.6 Å². The highest BCUT2D eigenvalue weighted by molar-refractivity contribution is 5.86. The van der Waals surface area contributed by atoms with E-state index in [1.54, 1.807) is 0 Å². The number of rotatable bonds is 3. The first-order valence-corrected chi connectivity index (χ1v) is 9.38. The van der Waals surface area contributed by atoms with Crippen molar-refractivity contribution < 1.29 is 19.1 Å². The molecule has 0 aromatic rings. The van der Waals surface area contributed by atoms with Crippen LogP contribution >= 0.6 is 0 Å². The van der Waals surface area contributed by atoms with Gasteiger partial charge in [0, 0.05) is 5.92 Å². The molecule has 1 aliphatic heterocycles. The summed E-state index contributed by atoms with van der Waals surface area (Å²) < 4.78 is 11.7. The molecule has 3 aliphatic carbocycles. The van der Waals surface area contributed by atoms with Crippen molar-refractivity contribution in [1.82, 2.24) is 0 Å². The molecule has 4 fully saturated rings. The van der Waals surface area contributed by atoms with E-state index < -0.39 is 0 Å². The minimum atomic E-state index is -0.317. The largest absolute Gasteiger partial charge is 0.462 e. The predicted octanol–water partition coefficient (Wildman–Crippen LogP) is 3.33. The molecule has 4 aliphatic rings. The molecule has 4 heteroatoms. The van der Waals surface area contributed by atoms with Gasteiger partial charge in [0.25, 0.3) is 0 Å². The Morgan fingerprint density at radius 1 is 1.22 bits per heavy atom. The molecule has 2 bridgehead atoms. The second-order valence-electron chi connectivity index (χ2n) is 8.58. The Morgan fingerprint density at radius 3 is 2.57 bits per heavy atom. The third-order valence-corrected chi connectivity index (χ3v) is 7.32. The van der Waals surface area contributed by atoms with Gasteiger partial charge >= 0.3 is 11.9 Å². The van der Waals surface area contributed by atoms with Crippen LogP contribution in [-0.4, -0.2) is 23.6 Å². The average Bonchev–Trinajstić information content (AvgIpc) is 3.12. The fourth-order valence-electron chi connectivity index (χ4n) is 5.92. The zero-order valence-corrected chi connectivity index (χ0v) is 14.4. The Labute approximate surface area is 138 Å². The van der Waals surface area contributed by atoms with Crippen molar-refractivity contribution in [3.8, 4) is 0 Å². The van der Waals surface area contributed by atoms with Crippen LogP contribution in [0, 0.1) is 35.5 Å². The fourth-order valence-corrected chi connectivity index (χ4v) is 5.92. The van der Waals surface area contributed by atoms with E-state index in [1.807, 2.05) is 0 Å². The van der Waals surface area contributed by atoms with Gasteiger partial charge in [-0.3, -0.25) is 9.59 Å². The third-order valence-electron chi connectivity index (χ3n) is 7.32. The van der Waals surface area contributed by atoms with Crippen LogP contribution in [0.25, 0.3) is 0 Å². The standard InChI is InChI=1S/C19H28O4/c1-10(2)19(7-5-4-6-8-19)23-18(21)14-12-9-13-15(14)17(20)22-16(13)11(12)3/h10-16H,4-9H2,1-3H3. The van der Waals surface area contributed by atoms with Crippen LogP contribution in [0.2, 0.25) is 0 Å². The van der Waals surface area contributed by atoms with Crippen LogP contribution in [0.5, 0.6) is 0 Å². The van der Waals surface area contributed by atoms with Crippen molar-refractivity contribution in [1.29, 1.82) is 0 Å². The smallest absolute Gasteiger partial charge is 0.310 e. The normalized spacial score (nSPS) is 43.7. The summed E-state index contributed by atoms with van der Waals surface area (Å²) in [5, 5.41) is 0. The van der Waals surface area contributed by atoms with Crippen molar-refractivity contribution in [2.24, 2.45) is 35.5 Å². The third kappa shape index (κ3) is 2.09. The van der Waals surface area contributed by atoms with E-state index in [0.29, 0.717) is 11.8 Å². The first-order chi connectivity index (χ1) is 10.9. The molecule has 128 valence electrons. The lowest BCUT2D eigenvalue weighted by Crippen LogP contribution is -2.46. The van der Waals surface area contributed by atoms with Crippen LogP contribution in [0.3, 0.4) is 0 Å². The number of hydrogen-bond acceptors (Lipinski definition) is 4. The summed E-state index contributed by atoms with van der Waals surface area (Å²) in [6.07, 6.45) is 6.42. The van der Waals surface area contributed by atoms with E-state index in [2.05, 4.69) is 20.8 Å². The molecule has 0 aromatic carbocycles. The van der Waals surface area contributed by atoms with Crippen molar-refractivity contribution in [3.63, 3.8) is 0 Å². The van der Waals surface area contributed by atoms with E-state index in [1.165, 1.54) is 6.42 Å². The molecule has 1 saturated heterocycles. The van der Waals surface area contributed by atoms with Gasteiger partial charge in [-0.2, -0.15) is 0 Å². The first-order valence-electron chi connectivity index (χ1n) is 9.38. The Bertz CT molecular complexity index is 519. The molecule has 4 nitrogen and oxygen atoms in total. The van der Waals surface area contributed by atoms with Crippen molar-refractivity contribution in [3.05, 3.63) is 0 Å². The fraction of sp³-hybridized carbons (Fsp3) is 0.895. The Hall–Kier alpha value is -1.06. The SMILES string of the molecule is CC1C2CC3C1OC(=O)C3C2C(=O)OC1(C(C)C)CCCCC1. The second kappa shape index (κ2) is 5.22. The quantitative estimate of drug-likeness (QED) is 0.749. The minimum Gasteiger partial charge on any atom is -0.462 e. The van der Waals surface area contributed by atoms with Gasteiger partial charge in [0.2, 0.25) is 0 Å². The number of hydrogen-bond donors (Lipinski definition) is 0. The molecular formula is C19H28O4. The van der Waals surface area contributed by atoms with Gasteiger partial charge in [-0.05, 0) is 49.9 Å². The molecule has 6 atom stereocenters. The van der Waals surface area contributed by atoms with Gasteiger partial charge in [0.1, 0.15) is 11.7 Å². The lowest BCUT2D eigenvalue weighted by Gasteiger charge is -2.42. The Balaban J connectivity index is 1.56. The van der Waals surface area contributed by atoms with Gasteiger partial charge in [-0.1, -0.05) is 27.2 Å². The van der Waals surface area contributed by atoms with Crippen LogP contribution in [0.4, 0.5) is 0 Å². The number of carbonyl (C=O) groups excluding carboxylic acids is 2. The van der Waals surface area contributed by atoms with E-state index in [9.17, 15) is 9.59 Å². The zero-order chi connectivity index (χ0) is 16.4. The van der Waals surface area contributed by atoms with Gasteiger partial charge in [0.15, 0.2) is 0 Å². The van der Waals surface area contributed by atoms with Gasteiger partial charge < -0.3 is 9.47 Å². The molecule has 4 rings (SSSR count). The Kier molecular flexibility index (Phi) is 3.51. The molecule has 6 unspecified atom stereocenters. The Morgan fingerprint density at radius 2 is 1.91 bits per heavy atom. The van der Waals surface area contributed by atoms with Crippen molar-refractivity contribution >= 4 is 11.9 Å². The zero-order valence-electron chi connectivity index (χ0n) is 14.4. The maximum atomic E-state index is 13.1. The maximum Gasteiger partial charge on any atom is 0.310 e. The summed E-state index contributed by atoms with van der Waals surface area (Å²) in [5.74, 6) is 0.356. The minimum absolute atomic E-state index is 0.0512. The summed E-state index contributed by atoms with van der Waals surface area (Å²) in [5.41, 5.74) is -0.317. The van der Waals surface area contributed by atoms with E-state index >= 15 is 0 Å². The summed E-state index contributed by atoms with van der Waals surface area (Å²) in [6.45, 7) is 6.44. The molecular weight excluding hydrogens is 292 g/mol. The van der Waals surface area contributed by atoms with Crippen LogP contribution < -0.4 is 0 Å². The molecule has 23 heavy (non-hydrogen) atoms. The van der Waals surface area contributed by atoms with Gasteiger partial charge in [-0.25, -0.2) is 0 Å². The van der Waals surface area contributed by atoms with Crippen molar-refractivity contribution in [2.45, 2.75) is 71.0 Å². The average molecular weight is 320 g/mol. The van der Waals surface area contributed by atoms with E-state index in [0.717, 1.165) is 32.1 Å². The van der Waals surface area contributed by atoms with Gasteiger partial charge in [-0.15, -0.1) is 0 Å². The maximum absolute atomic E-state index is 13.1. The highest BCUT2D eigenvalue weighted by Crippen LogP contribution is 2.60. The molecule has 0 radical (unpaired) electrons. The molecule has 1 heterocycles. The van der Waals surface area contributed by atoms with Crippen LogP contribution in [0.1, 0.15) is 59.3 Å². The van der Waals surface area contributed by atoms with E-state index in [-0.39, 0.29) is 47.3 Å². The second-order valence-corrected chi connectivity index (χ2v) is 8.58. The lowest BCUT2D eigenvalue weighted by atomic mass is 9.74. The summed E-state index contributed by atoms with van der Waals surface area (Å²) in [6, 6.07) is 0. The molecule has 0 spiro atoms. The number of carbonyl (C=O) groups is 2. The summed E-state index contributed by atoms with van der Waals surface area (Å²) in [7, 11) is 0. The first kappa shape index (κ1) is 15.5. The van der Waals surface area contributed by atoms with Crippen LogP contribution in [-0.2, 0) is 19.1 Å². The van der Waals surface area contributed by atoms with Crippen molar-refractivity contribution in [2.75, 3.05) is 0 Å². The number of fused-ring (bicyclic) bond motifs is 1. The van der Waals surface area contributed by atoms with E-state index in [4.69, 9.17) is 9.47 Å². The molecule has 0 amide bonds. The lowest BCUT2D eigenvalue weighted by molar-refractivity contribution is -0.179. The highest BCUT2D eigenvalue weighted by atomic mass is 16.6. The summed E-state index contributed by atoms with van der Waals surface area (Å²) in [4.78, 5) is 25.3. The number of esters is 2. The number of ether oxygens (including phenoxy) is 2. The molecule has 0 aromatic heterocycles. The highest BCUT2D eigenvalue weighted by Gasteiger charge is 2.67. The monoisotopic (exact) mass is 320 g/mol. The summed E-state index contributed by atoms with van der Waals surface area (Å²) >= 11 is 0.